The number of pyridine rings is 1. The van der Waals surface area contributed by atoms with E-state index in [1.54, 1.807) is 6.07 Å². The molecular weight excluding hydrogens is 268 g/mol. The molecule has 0 N–H and O–H groups in total. The van der Waals surface area contributed by atoms with Gasteiger partial charge >= 0.3 is 0 Å². The first kappa shape index (κ1) is 13.4. The molecule has 0 bridgehead atoms. The Hall–Kier alpha value is -2.63. The summed E-state index contributed by atoms with van der Waals surface area (Å²) in [5.74, 6) is 0.799. The van der Waals surface area contributed by atoms with E-state index in [9.17, 15) is 10.1 Å². The van der Waals surface area contributed by atoms with Gasteiger partial charge < -0.3 is 9.80 Å². The fourth-order valence-electron chi connectivity index (χ4n) is 2.51. The first-order valence-corrected chi connectivity index (χ1v) is 6.89. The van der Waals surface area contributed by atoms with E-state index >= 15 is 0 Å². The van der Waals surface area contributed by atoms with Gasteiger partial charge in [0.2, 0.25) is 0 Å². The van der Waals surface area contributed by atoms with Gasteiger partial charge in [0.05, 0.1) is 4.92 Å². The van der Waals surface area contributed by atoms with Crippen LogP contribution in [0.4, 0.5) is 17.2 Å². The Labute approximate surface area is 122 Å². The van der Waals surface area contributed by atoms with Crippen molar-refractivity contribution in [3.05, 3.63) is 58.8 Å². The van der Waals surface area contributed by atoms with E-state index in [0.29, 0.717) is 0 Å². The quantitative estimate of drug-likeness (QED) is 0.639. The summed E-state index contributed by atoms with van der Waals surface area (Å²) in [6.45, 7) is 3.56. The molecule has 0 unspecified atom stereocenters. The molecule has 0 radical (unpaired) electrons. The van der Waals surface area contributed by atoms with Gasteiger partial charge in [0.15, 0.2) is 0 Å². The van der Waals surface area contributed by atoms with Gasteiger partial charge in [0, 0.05) is 37.9 Å². The van der Waals surface area contributed by atoms with Crippen LogP contribution in [0.15, 0.2) is 48.7 Å². The van der Waals surface area contributed by atoms with Gasteiger partial charge in [0.25, 0.3) is 5.69 Å². The van der Waals surface area contributed by atoms with Crippen LogP contribution in [0.2, 0.25) is 0 Å². The highest BCUT2D eigenvalue weighted by atomic mass is 16.6. The number of aromatic nitrogens is 1. The van der Waals surface area contributed by atoms with Crippen molar-refractivity contribution in [1.29, 1.82) is 0 Å². The SMILES string of the molecule is O=[N+]([O-])c1ccc(N2CCN(c3ccccc3)CC2)nc1. The second-order valence-electron chi connectivity index (χ2n) is 4.94. The van der Waals surface area contributed by atoms with Crippen molar-refractivity contribution in [2.45, 2.75) is 0 Å². The van der Waals surface area contributed by atoms with Crippen LogP contribution >= 0.6 is 0 Å². The number of hydrogen-bond donors (Lipinski definition) is 0. The Balaban J connectivity index is 1.64. The summed E-state index contributed by atoms with van der Waals surface area (Å²) in [6.07, 6.45) is 1.32. The summed E-state index contributed by atoms with van der Waals surface area (Å²) in [6, 6.07) is 13.5. The first-order valence-electron chi connectivity index (χ1n) is 6.89. The van der Waals surface area contributed by atoms with Gasteiger partial charge in [-0.1, -0.05) is 18.2 Å². The molecule has 1 aliphatic heterocycles. The van der Waals surface area contributed by atoms with E-state index in [1.165, 1.54) is 18.0 Å². The number of anilines is 2. The molecule has 1 aromatic heterocycles. The Bertz CT molecular complexity index is 607. The van der Waals surface area contributed by atoms with Crippen LogP contribution in [0.3, 0.4) is 0 Å². The lowest BCUT2D eigenvalue weighted by molar-refractivity contribution is -0.385. The fourth-order valence-corrected chi connectivity index (χ4v) is 2.51. The van der Waals surface area contributed by atoms with Crippen LogP contribution in [0.25, 0.3) is 0 Å². The second kappa shape index (κ2) is 5.78. The number of nitro groups is 1. The Morgan fingerprint density at radius 2 is 1.62 bits per heavy atom. The predicted octanol–water partition coefficient (Wildman–Crippen LogP) is 2.32. The monoisotopic (exact) mass is 284 g/mol. The third-order valence-corrected chi connectivity index (χ3v) is 3.67. The minimum atomic E-state index is -0.426. The first-order chi connectivity index (χ1) is 10.2. The highest BCUT2D eigenvalue weighted by Crippen LogP contribution is 2.20. The molecule has 0 amide bonds. The van der Waals surface area contributed by atoms with Crippen molar-refractivity contribution in [3.8, 4) is 0 Å². The predicted molar refractivity (Wildman–Crippen MR) is 81.8 cm³/mol. The molecule has 6 nitrogen and oxygen atoms in total. The summed E-state index contributed by atoms with van der Waals surface area (Å²) in [5.41, 5.74) is 1.26. The summed E-state index contributed by atoms with van der Waals surface area (Å²) in [4.78, 5) is 18.9. The van der Waals surface area contributed by atoms with Crippen LogP contribution in [0.1, 0.15) is 0 Å². The molecule has 0 aliphatic carbocycles. The molecule has 1 fully saturated rings. The third-order valence-electron chi connectivity index (χ3n) is 3.67. The zero-order chi connectivity index (χ0) is 14.7. The number of rotatable bonds is 3. The fraction of sp³-hybridized carbons (Fsp3) is 0.267. The summed E-state index contributed by atoms with van der Waals surface area (Å²) >= 11 is 0. The summed E-state index contributed by atoms with van der Waals surface area (Å²) in [7, 11) is 0. The van der Waals surface area contributed by atoms with Crippen molar-refractivity contribution < 1.29 is 4.92 Å². The van der Waals surface area contributed by atoms with Crippen LogP contribution < -0.4 is 9.80 Å². The molecule has 1 aromatic carbocycles. The zero-order valence-electron chi connectivity index (χ0n) is 11.6. The highest BCUT2D eigenvalue weighted by Gasteiger charge is 2.18. The minimum absolute atomic E-state index is 0.0293. The Morgan fingerprint density at radius 3 is 2.19 bits per heavy atom. The lowest BCUT2D eigenvalue weighted by Crippen LogP contribution is -2.46. The number of benzene rings is 1. The molecule has 0 spiro atoms. The molecule has 1 saturated heterocycles. The molecule has 2 aromatic rings. The molecule has 0 atom stereocenters. The van der Waals surface area contributed by atoms with Crippen LogP contribution in [0.5, 0.6) is 0 Å². The van der Waals surface area contributed by atoms with Gasteiger partial charge in [0.1, 0.15) is 12.0 Å². The van der Waals surface area contributed by atoms with Gasteiger partial charge in [-0.3, -0.25) is 10.1 Å². The molecule has 2 heterocycles. The molecule has 3 rings (SSSR count). The number of nitrogens with zero attached hydrogens (tertiary/aromatic N) is 4. The lowest BCUT2D eigenvalue weighted by atomic mass is 10.2. The van der Waals surface area contributed by atoms with Gasteiger partial charge in [-0.15, -0.1) is 0 Å². The van der Waals surface area contributed by atoms with Gasteiger partial charge in [-0.25, -0.2) is 4.98 Å². The van der Waals surface area contributed by atoms with E-state index < -0.39 is 4.92 Å². The highest BCUT2D eigenvalue weighted by molar-refractivity contribution is 5.49. The Morgan fingerprint density at radius 1 is 0.952 bits per heavy atom. The van der Waals surface area contributed by atoms with Crippen molar-refractivity contribution in [3.63, 3.8) is 0 Å². The largest absolute Gasteiger partial charge is 0.368 e. The van der Waals surface area contributed by atoms with E-state index in [2.05, 4.69) is 26.9 Å². The number of hydrogen-bond acceptors (Lipinski definition) is 5. The maximum atomic E-state index is 10.6. The van der Waals surface area contributed by atoms with Crippen molar-refractivity contribution in [2.24, 2.45) is 0 Å². The zero-order valence-corrected chi connectivity index (χ0v) is 11.6. The van der Waals surface area contributed by atoms with Gasteiger partial charge in [-0.05, 0) is 18.2 Å². The molecule has 0 saturated carbocycles. The van der Waals surface area contributed by atoms with Crippen molar-refractivity contribution in [1.82, 2.24) is 4.98 Å². The van der Waals surface area contributed by atoms with Crippen LogP contribution in [0, 0.1) is 10.1 Å². The average molecular weight is 284 g/mol. The van der Waals surface area contributed by atoms with Crippen molar-refractivity contribution in [2.75, 3.05) is 36.0 Å². The molecule has 108 valence electrons. The normalized spacial score (nSPS) is 15.0. The molecule has 1 aliphatic rings. The Kier molecular flexibility index (Phi) is 3.68. The molecule has 21 heavy (non-hydrogen) atoms. The number of piperazine rings is 1. The summed E-state index contributed by atoms with van der Waals surface area (Å²) < 4.78 is 0. The van der Waals surface area contributed by atoms with E-state index in [1.807, 2.05) is 18.2 Å². The second-order valence-corrected chi connectivity index (χ2v) is 4.94. The van der Waals surface area contributed by atoms with Crippen molar-refractivity contribution >= 4 is 17.2 Å². The maximum Gasteiger partial charge on any atom is 0.287 e. The maximum absolute atomic E-state index is 10.6. The average Bonchev–Trinajstić information content (AvgIpc) is 2.56. The lowest BCUT2D eigenvalue weighted by Gasteiger charge is -2.36. The van der Waals surface area contributed by atoms with Gasteiger partial charge in [-0.2, -0.15) is 0 Å². The van der Waals surface area contributed by atoms with E-state index in [-0.39, 0.29) is 5.69 Å². The van der Waals surface area contributed by atoms with E-state index in [0.717, 1.165) is 32.0 Å². The molecule has 6 heteroatoms. The topological polar surface area (TPSA) is 62.5 Å². The summed E-state index contributed by atoms with van der Waals surface area (Å²) in [5, 5.41) is 10.6. The van der Waals surface area contributed by atoms with Crippen LogP contribution in [-0.4, -0.2) is 36.1 Å². The molecular formula is C15H16N4O2. The van der Waals surface area contributed by atoms with Crippen LogP contribution in [-0.2, 0) is 0 Å². The smallest absolute Gasteiger partial charge is 0.287 e. The van der Waals surface area contributed by atoms with E-state index in [4.69, 9.17) is 0 Å². The third kappa shape index (κ3) is 2.94. The minimum Gasteiger partial charge on any atom is -0.368 e. The standard InChI is InChI=1S/C15H16N4O2/c20-19(21)14-6-7-15(16-12-14)18-10-8-17(9-11-18)13-4-2-1-3-5-13/h1-7,12H,8-11H2. The number of para-hydroxylation sites is 1.